The van der Waals surface area contributed by atoms with Crippen LogP contribution in [-0.2, 0) is 19.4 Å². The Morgan fingerprint density at radius 2 is 2.10 bits per heavy atom. The summed E-state index contributed by atoms with van der Waals surface area (Å²) in [6, 6.07) is 2.43. The van der Waals surface area contributed by atoms with Crippen molar-refractivity contribution in [1.82, 2.24) is 19.9 Å². The molecule has 108 valence electrons. The Labute approximate surface area is 121 Å². The predicted octanol–water partition coefficient (Wildman–Crippen LogP) is 2.75. The summed E-state index contributed by atoms with van der Waals surface area (Å²) < 4.78 is 2.21. The lowest BCUT2D eigenvalue weighted by molar-refractivity contribution is 0.518. The zero-order valence-corrected chi connectivity index (χ0v) is 12.6. The molecule has 0 spiro atoms. The molecule has 4 nitrogen and oxygen atoms in total. The van der Waals surface area contributed by atoms with E-state index in [4.69, 9.17) is 0 Å². The van der Waals surface area contributed by atoms with E-state index in [1.807, 2.05) is 24.8 Å². The first-order chi connectivity index (χ1) is 9.80. The Hall–Kier alpha value is -1.68. The van der Waals surface area contributed by atoms with E-state index in [1.54, 1.807) is 0 Å². The van der Waals surface area contributed by atoms with Gasteiger partial charge in [0.1, 0.15) is 5.82 Å². The van der Waals surface area contributed by atoms with Gasteiger partial charge in [-0.05, 0) is 37.1 Å². The van der Waals surface area contributed by atoms with Crippen LogP contribution in [0.4, 0.5) is 0 Å². The SMILES string of the molecule is CCNC(Cc1nccn1CC)c1ccncc1CC. The van der Waals surface area contributed by atoms with Gasteiger partial charge in [-0.1, -0.05) is 13.8 Å². The molecule has 0 aliphatic carbocycles. The topological polar surface area (TPSA) is 42.7 Å². The van der Waals surface area contributed by atoms with Crippen LogP contribution in [0.1, 0.15) is 43.8 Å². The van der Waals surface area contributed by atoms with Gasteiger partial charge in [0.05, 0.1) is 0 Å². The van der Waals surface area contributed by atoms with Crippen molar-refractivity contribution in [3.8, 4) is 0 Å². The highest BCUT2D eigenvalue weighted by atomic mass is 15.1. The summed E-state index contributed by atoms with van der Waals surface area (Å²) in [5, 5.41) is 3.58. The van der Waals surface area contributed by atoms with Crippen molar-refractivity contribution in [3.05, 3.63) is 47.8 Å². The Morgan fingerprint density at radius 1 is 1.25 bits per heavy atom. The van der Waals surface area contributed by atoms with E-state index >= 15 is 0 Å². The summed E-state index contributed by atoms with van der Waals surface area (Å²) >= 11 is 0. The number of nitrogens with zero attached hydrogens (tertiary/aromatic N) is 3. The van der Waals surface area contributed by atoms with E-state index in [1.165, 1.54) is 11.1 Å². The summed E-state index contributed by atoms with van der Waals surface area (Å²) in [5.41, 5.74) is 2.66. The van der Waals surface area contributed by atoms with Crippen LogP contribution in [0.2, 0.25) is 0 Å². The molecule has 0 radical (unpaired) electrons. The lowest BCUT2D eigenvalue weighted by Crippen LogP contribution is -2.25. The number of nitrogens with one attached hydrogen (secondary N) is 1. The maximum atomic E-state index is 4.50. The second-order valence-electron chi connectivity index (χ2n) is 4.87. The summed E-state index contributed by atoms with van der Waals surface area (Å²) in [6.45, 7) is 8.38. The van der Waals surface area contributed by atoms with Crippen molar-refractivity contribution in [2.45, 2.75) is 46.2 Å². The number of imidazole rings is 1. The fourth-order valence-electron chi connectivity index (χ4n) is 2.61. The number of pyridine rings is 1. The van der Waals surface area contributed by atoms with E-state index in [2.05, 4.69) is 46.7 Å². The van der Waals surface area contributed by atoms with Gasteiger partial charge in [-0.2, -0.15) is 0 Å². The van der Waals surface area contributed by atoms with Gasteiger partial charge in [-0.3, -0.25) is 4.98 Å². The summed E-state index contributed by atoms with van der Waals surface area (Å²) in [4.78, 5) is 8.74. The maximum absolute atomic E-state index is 4.50. The monoisotopic (exact) mass is 272 g/mol. The molecule has 1 unspecified atom stereocenters. The lowest BCUT2D eigenvalue weighted by atomic mass is 9.98. The summed E-state index contributed by atoms with van der Waals surface area (Å²) in [5.74, 6) is 1.14. The average molecular weight is 272 g/mol. The van der Waals surface area contributed by atoms with Crippen LogP contribution in [0.15, 0.2) is 30.9 Å². The molecule has 4 heteroatoms. The minimum absolute atomic E-state index is 0.297. The summed E-state index contributed by atoms with van der Waals surface area (Å²) in [6.07, 6.45) is 9.71. The molecular weight excluding hydrogens is 248 g/mol. The molecule has 2 rings (SSSR count). The number of hydrogen-bond acceptors (Lipinski definition) is 3. The molecular formula is C16H24N4. The number of rotatable bonds is 7. The van der Waals surface area contributed by atoms with E-state index in [0.717, 1.165) is 31.8 Å². The molecule has 2 heterocycles. The highest BCUT2D eigenvalue weighted by Crippen LogP contribution is 2.21. The molecule has 20 heavy (non-hydrogen) atoms. The highest BCUT2D eigenvalue weighted by molar-refractivity contribution is 5.27. The molecule has 2 aromatic heterocycles. The molecule has 0 saturated carbocycles. The second-order valence-corrected chi connectivity index (χ2v) is 4.87. The Morgan fingerprint density at radius 3 is 2.80 bits per heavy atom. The minimum Gasteiger partial charge on any atom is -0.335 e. The van der Waals surface area contributed by atoms with E-state index in [0.29, 0.717) is 6.04 Å². The van der Waals surface area contributed by atoms with Crippen molar-refractivity contribution >= 4 is 0 Å². The van der Waals surface area contributed by atoms with E-state index < -0.39 is 0 Å². The van der Waals surface area contributed by atoms with Crippen LogP contribution in [0, 0.1) is 0 Å². The number of hydrogen-bond donors (Lipinski definition) is 1. The third kappa shape index (κ3) is 3.25. The fourth-order valence-corrected chi connectivity index (χ4v) is 2.61. The minimum atomic E-state index is 0.297. The smallest absolute Gasteiger partial charge is 0.110 e. The zero-order chi connectivity index (χ0) is 14.4. The zero-order valence-electron chi connectivity index (χ0n) is 12.6. The third-order valence-electron chi connectivity index (χ3n) is 3.68. The van der Waals surface area contributed by atoms with Crippen molar-refractivity contribution in [1.29, 1.82) is 0 Å². The van der Waals surface area contributed by atoms with E-state index in [9.17, 15) is 0 Å². The molecule has 0 aliphatic heterocycles. The van der Waals surface area contributed by atoms with Crippen molar-refractivity contribution in [3.63, 3.8) is 0 Å². The van der Waals surface area contributed by atoms with Crippen LogP contribution < -0.4 is 5.32 Å². The number of aromatic nitrogens is 3. The van der Waals surface area contributed by atoms with Crippen molar-refractivity contribution < 1.29 is 0 Å². The average Bonchev–Trinajstić information content (AvgIpc) is 2.94. The van der Waals surface area contributed by atoms with E-state index in [-0.39, 0.29) is 0 Å². The number of aryl methyl sites for hydroxylation is 2. The van der Waals surface area contributed by atoms with Crippen molar-refractivity contribution in [2.24, 2.45) is 0 Å². The Kier molecular flexibility index (Phi) is 5.30. The molecule has 2 aromatic rings. The van der Waals surface area contributed by atoms with Crippen LogP contribution in [-0.4, -0.2) is 21.1 Å². The fraction of sp³-hybridized carbons (Fsp3) is 0.500. The molecule has 0 aromatic carbocycles. The normalized spacial score (nSPS) is 12.6. The molecule has 0 fully saturated rings. The Balaban J connectivity index is 2.27. The van der Waals surface area contributed by atoms with Gasteiger partial charge >= 0.3 is 0 Å². The van der Waals surface area contributed by atoms with Crippen molar-refractivity contribution in [2.75, 3.05) is 6.54 Å². The number of likely N-dealkylation sites (N-methyl/N-ethyl adjacent to an activating group) is 1. The van der Waals surface area contributed by atoms with Crippen LogP contribution >= 0.6 is 0 Å². The van der Waals surface area contributed by atoms with Crippen LogP contribution in [0.25, 0.3) is 0 Å². The van der Waals surface area contributed by atoms with Crippen LogP contribution in [0.5, 0.6) is 0 Å². The largest absolute Gasteiger partial charge is 0.335 e. The first kappa shape index (κ1) is 14.7. The van der Waals surface area contributed by atoms with Gasteiger partial charge in [0.15, 0.2) is 0 Å². The first-order valence-electron chi connectivity index (χ1n) is 7.46. The predicted molar refractivity (Wildman–Crippen MR) is 81.6 cm³/mol. The third-order valence-corrected chi connectivity index (χ3v) is 3.68. The van der Waals surface area contributed by atoms with Gasteiger partial charge in [0.2, 0.25) is 0 Å². The van der Waals surface area contributed by atoms with Gasteiger partial charge in [0.25, 0.3) is 0 Å². The molecule has 1 atom stereocenters. The molecule has 0 aliphatic rings. The highest BCUT2D eigenvalue weighted by Gasteiger charge is 2.16. The standard InChI is InChI=1S/C16H24N4/c1-4-13-12-17-8-7-14(13)15(18-5-2)11-16-19-9-10-20(16)6-3/h7-10,12,15,18H,4-6,11H2,1-3H3. The van der Waals surface area contributed by atoms with Gasteiger partial charge < -0.3 is 9.88 Å². The van der Waals surface area contributed by atoms with Gasteiger partial charge in [0, 0.05) is 43.8 Å². The second kappa shape index (κ2) is 7.20. The van der Waals surface area contributed by atoms with Gasteiger partial charge in [-0.15, -0.1) is 0 Å². The maximum Gasteiger partial charge on any atom is 0.110 e. The van der Waals surface area contributed by atoms with Crippen LogP contribution in [0.3, 0.4) is 0 Å². The van der Waals surface area contributed by atoms with Gasteiger partial charge in [-0.25, -0.2) is 4.98 Å². The Bertz CT molecular complexity index is 533. The molecule has 0 saturated heterocycles. The molecule has 1 N–H and O–H groups in total. The molecule has 0 bridgehead atoms. The first-order valence-corrected chi connectivity index (χ1v) is 7.46. The molecule has 0 amide bonds. The quantitative estimate of drug-likeness (QED) is 0.843. The summed E-state index contributed by atoms with van der Waals surface area (Å²) in [7, 11) is 0. The lowest BCUT2D eigenvalue weighted by Gasteiger charge is -2.21.